The highest BCUT2D eigenvalue weighted by Gasteiger charge is 2.41. The molecule has 0 aliphatic heterocycles. The number of carbonyl (C=O) groups is 1. The van der Waals surface area contributed by atoms with Crippen LogP contribution in [-0.2, 0) is 6.18 Å². The Morgan fingerprint density at radius 2 is 1.65 bits per heavy atom. The number of rotatable bonds is 4. The van der Waals surface area contributed by atoms with Crippen molar-refractivity contribution in [2.75, 3.05) is 5.32 Å². The molecule has 2 aromatic heterocycles. The molecule has 0 aliphatic rings. The zero-order valence-corrected chi connectivity index (χ0v) is 18.1. The monoisotopic (exact) mass is 508 g/mol. The molecule has 1 N–H and O–H groups in total. The van der Waals surface area contributed by atoms with E-state index in [1.165, 1.54) is 36.4 Å². The standard InChI is InChI=1S/C21H10Cl2F4N6O/c22-12-1-3-13(4-2-12)32-18(21(25,26)27)15(10-30-32)20(34)31-19-11(8-28)9-29-33(19)14-5-6-17(24)16(23)7-14/h1-7,9-10H,(H,31,34). The maximum absolute atomic E-state index is 13.9. The summed E-state index contributed by atoms with van der Waals surface area (Å²) in [5.41, 5.74) is -2.08. The van der Waals surface area contributed by atoms with Crippen LogP contribution in [0.3, 0.4) is 0 Å². The first kappa shape index (κ1) is 23.3. The number of carbonyl (C=O) groups excluding carboxylic acids is 1. The molecule has 0 spiro atoms. The second-order valence-electron chi connectivity index (χ2n) is 6.78. The maximum Gasteiger partial charge on any atom is 0.434 e. The second kappa shape index (κ2) is 8.81. The minimum absolute atomic E-state index is 0.0273. The van der Waals surface area contributed by atoms with Gasteiger partial charge in [-0.1, -0.05) is 23.2 Å². The van der Waals surface area contributed by atoms with Crippen LogP contribution >= 0.6 is 23.2 Å². The average molecular weight is 509 g/mol. The van der Waals surface area contributed by atoms with Crippen molar-refractivity contribution in [3.8, 4) is 17.4 Å². The van der Waals surface area contributed by atoms with E-state index in [0.717, 1.165) is 23.1 Å². The third-order valence-electron chi connectivity index (χ3n) is 4.62. The molecule has 0 saturated heterocycles. The summed E-state index contributed by atoms with van der Waals surface area (Å²) < 4.78 is 56.9. The molecule has 4 rings (SSSR count). The molecule has 2 aromatic carbocycles. The average Bonchev–Trinajstić information content (AvgIpc) is 3.41. The molecule has 0 fully saturated rings. The zero-order valence-electron chi connectivity index (χ0n) is 16.6. The van der Waals surface area contributed by atoms with Crippen molar-refractivity contribution in [3.63, 3.8) is 0 Å². The van der Waals surface area contributed by atoms with Gasteiger partial charge in [0.25, 0.3) is 5.91 Å². The summed E-state index contributed by atoms with van der Waals surface area (Å²) in [5, 5.41) is 19.4. The molecule has 0 radical (unpaired) electrons. The highest BCUT2D eigenvalue weighted by Crippen LogP contribution is 2.34. The molecule has 0 saturated carbocycles. The Labute approximate surface area is 198 Å². The van der Waals surface area contributed by atoms with Crippen LogP contribution in [0.25, 0.3) is 11.4 Å². The van der Waals surface area contributed by atoms with Crippen LogP contribution in [0.2, 0.25) is 10.0 Å². The predicted molar refractivity (Wildman–Crippen MR) is 115 cm³/mol. The minimum atomic E-state index is -4.95. The molecular weight excluding hydrogens is 499 g/mol. The second-order valence-corrected chi connectivity index (χ2v) is 7.62. The van der Waals surface area contributed by atoms with Crippen LogP contribution in [0.5, 0.6) is 0 Å². The van der Waals surface area contributed by atoms with Crippen LogP contribution in [0.15, 0.2) is 54.9 Å². The lowest BCUT2D eigenvalue weighted by molar-refractivity contribution is -0.143. The van der Waals surface area contributed by atoms with Gasteiger partial charge in [-0.2, -0.15) is 28.6 Å². The number of anilines is 1. The fourth-order valence-corrected chi connectivity index (χ4v) is 3.40. The highest BCUT2D eigenvalue weighted by atomic mass is 35.5. The van der Waals surface area contributed by atoms with E-state index in [1.807, 2.05) is 0 Å². The van der Waals surface area contributed by atoms with E-state index in [2.05, 4.69) is 15.5 Å². The number of nitriles is 1. The number of alkyl halides is 3. The van der Waals surface area contributed by atoms with Crippen molar-refractivity contribution in [2.45, 2.75) is 6.18 Å². The fraction of sp³-hybridized carbons (Fsp3) is 0.0476. The molecule has 13 heteroatoms. The molecule has 4 aromatic rings. The number of hydrogen-bond acceptors (Lipinski definition) is 4. The number of nitrogens with one attached hydrogen (secondary N) is 1. The van der Waals surface area contributed by atoms with Crippen molar-refractivity contribution in [1.29, 1.82) is 5.26 Å². The van der Waals surface area contributed by atoms with Gasteiger partial charge in [-0.05, 0) is 42.5 Å². The summed E-state index contributed by atoms with van der Waals surface area (Å²) in [6, 6.07) is 10.7. The summed E-state index contributed by atoms with van der Waals surface area (Å²) >= 11 is 11.6. The van der Waals surface area contributed by atoms with Gasteiger partial charge in [0.05, 0.1) is 34.4 Å². The Morgan fingerprint density at radius 3 is 2.26 bits per heavy atom. The van der Waals surface area contributed by atoms with E-state index in [1.54, 1.807) is 6.07 Å². The normalized spacial score (nSPS) is 11.3. The molecule has 0 bridgehead atoms. The summed E-state index contributed by atoms with van der Waals surface area (Å²) in [5.74, 6) is -2.14. The quantitative estimate of drug-likeness (QED) is 0.361. The van der Waals surface area contributed by atoms with E-state index in [9.17, 15) is 27.6 Å². The van der Waals surface area contributed by atoms with Gasteiger partial charge in [0.2, 0.25) is 0 Å². The van der Waals surface area contributed by atoms with Gasteiger partial charge >= 0.3 is 6.18 Å². The van der Waals surface area contributed by atoms with E-state index >= 15 is 0 Å². The van der Waals surface area contributed by atoms with Crippen molar-refractivity contribution >= 4 is 34.9 Å². The number of aromatic nitrogens is 4. The van der Waals surface area contributed by atoms with E-state index in [0.29, 0.717) is 9.70 Å². The Morgan fingerprint density at radius 1 is 1.00 bits per heavy atom. The molecule has 7 nitrogen and oxygen atoms in total. The lowest BCUT2D eigenvalue weighted by atomic mass is 10.2. The smallest absolute Gasteiger partial charge is 0.305 e. The van der Waals surface area contributed by atoms with Gasteiger partial charge in [-0.25, -0.2) is 13.8 Å². The first-order valence-electron chi connectivity index (χ1n) is 9.26. The minimum Gasteiger partial charge on any atom is -0.305 e. The number of benzene rings is 2. The van der Waals surface area contributed by atoms with Gasteiger partial charge in [-0.15, -0.1) is 0 Å². The summed E-state index contributed by atoms with van der Waals surface area (Å²) in [4.78, 5) is 12.9. The van der Waals surface area contributed by atoms with Crippen LogP contribution in [0.1, 0.15) is 21.6 Å². The summed E-state index contributed by atoms with van der Waals surface area (Å²) in [6.45, 7) is 0. The first-order valence-corrected chi connectivity index (χ1v) is 10.0. The Balaban J connectivity index is 1.77. The van der Waals surface area contributed by atoms with E-state index in [-0.39, 0.29) is 27.8 Å². The predicted octanol–water partition coefficient (Wildman–Crippen LogP) is 5.65. The van der Waals surface area contributed by atoms with Crippen LogP contribution < -0.4 is 5.32 Å². The van der Waals surface area contributed by atoms with Crippen LogP contribution in [0, 0.1) is 17.1 Å². The highest BCUT2D eigenvalue weighted by molar-refractivity contribution is 6.31. The van der Waals surface area contributed by atoms with Gasteiger partial charge in [0, 0.05) is 5.02 Å². The lowest BCUT2D eigenvalue weighted by Crippen LogP contribution is -2.22. The van der Waals surface area contributed by atoms with E-state index in [4.69, 9.17) is 23.2 Å². The SMILES string of the molecule is N#Cc1cnn(-c2ccc(F)c(Cl)c2)c1NC(=O)c1cnn(-c2ccc(Cl)cc2)c1C(F)(F)F. The molecule has 172 valence electrons. The molecule has 0 unspecified atom stereocenters. The molecule has 1 amide bonds. The third kappa shape index (κ3) is 4.33. The number of hydrogen-bond donors (Lipinski definition) is 1. The van der Waals surface area contributed by atoms with Crippen molar-refractivity contribution in [1.82, 2.24) is 19.6 Å². The van der Waals surface area contributed by atoms with Crippen molar-refractivity contribution < 1.29 is 22.4 Å². The Kier molecular flexibility index (Phi) is 6.03. The van der Waals surface area contributed by atoms with Crippen molar-refractivity contribution in [2.24, 2.45) is 0 Å². The topological polar surface area (TPSA) is 88.5 Å². The van der Waals surface area contributed by atoms with Crippen LogP contribution in [-0.4, -0.2) is 25.5 Å². The first-order chi connectivity index (χ1) is 16.1. The van der Waals surface area contributed by atoms with Crippen molar-refractivity contribution in [3.05, 3.63) is 87.5 Å². The summed E-state index contributed by atoms with van der Waals surface area (Å²) in [6.07, 6.45) is -3.10. The molecule has 0 aliphatic carbocycles. The Bertz CT molecular complexity index is 1440. The van der Waals surface area contributed by atoms with Gasteiger partial charge in [0.15, 0.2) is 11.5 Å². The van der Waals surface area contributed by atoms with Gasteiger partial charge < -0.3 is 5.32 Å². The van der Waals surface area contributed by atoms with Gasteiger partial charge in [0.1, 0.15) is 17.4 Å². The molecule has 0 atom stereocenters. The van der Waals surface area contributed by atoms with Crippen LogP contribution in [0.4, 0.5) is 23.4 Å². The lowest BCUT2D eigenvalue weighted by Gasteiger charge is -2.14. The zero-order chi connectivity index (χ0) is 24.6. The summed E-state index contributed by atoms with van der Waals surface area (Å²) in [7, 11) is 0. The number of amides is 1. The third-order valence-corrected chi connectivity index (χ3v) is 5.16. The number of nitrogens with zero attached hydrogens (tertiary/aromatic N) is 5. The van der Waals surface area contributed by atoms with Gasteiger partial charge in [-0.3, -0.25) is 4.79 Å². The molecular formula is C21H10Cl2F4N6O. The number of halogens is 6. The maximum atomic E-state index is 13.9. The van der Waals surface area contributed by atoms with E-state index < -0.39 is 29.2 Å². The Hall–Kier alpha value is -3.88. The molecule has 2 heterocycles. The largest absolute Gasteiger partial charge is 0.434 e. The fourth-order valence-electron chi connectivity index (χ4n) is 3.10. The molecule has 34 heavy (non-hydrogen) atoms.